The summed E-state index contributed by atoms with van der Waals surface area (Å²) in [4.78, 5) is 3.86. The molecule has 0 aromatic carbocycles. The van der Waals surface area contributed by atoms with Crippen molar-refractivity contribution in [3.05, 3.63) is 29.3 Å². The van der Waals surface area contributed by atoms with E-state index in [0.717, 1.165) is 0 Å². The minimum atomic E-state index is -0.491. The van der Waals surface area contributed by atoms with E-state index in [9.17, 15) is 4.39 Å². The largest absolute Gasteiger partial charge is 0.258 e. The Morgan fingerprint density at radius 2 is 2.25 bits per heavy atom. The SMILES string of the molecule is CC(C)c1nccc(C#N)c1F. The van der Waals surface area contributed by atoms with E-state index in [2.05, 4.69) is 4.98 Å². The lowest BCUT2D eigenvalue weighted by molar-refractivity contribution is 0.581. The Labute approximate surface area is 70.7 Å². The lowest BCUT2D eigenvalue weighted by atomic mass is 10.1. The third-order valence-electron chi connectivity index (χ3n) is 1.58. The molecule has 1 aromatic heterocycles. The summed E-state index contributed by atoms with van der Waals surface area (Å²) in [5.74, 6) is -0.478. The third-order valence-corrected chi connectivity index (χ3v) is 1.58. The van der Waals surface area contributed by atoms with Gasteiger partial charge in [0.2, 0.25) is 0 Å². The highest BCUT2D eigenvalue weighted by Gasteiger charge is 2.11. The second-order valence-electron chi connectivity index (χ2n) is 2.82. The van der Waals surface area contributed by atoms with E-state index >= 15 is 0 Å². The summed E-state index contributed by atoms with van der Waals surface area (Å²) in [5.41, 5.74) is 0.419. The summed E-state index contributed by atoms with van der Waals surface area (Å²) < 4.78 is 13.2. The maximum absolute atomic E-state index is 13.2. The number of hydrogen-bond acceptors (Lipinski definition) is 2. The van der Waals surface area contributed by atoms with Crippen LogP contribution in [-0.2, 0) is 0 Å². The number of aromatic nitrogens is 1. The van der Waals surface area contributed by atoms with E-state index in [1.165, 1.54) is 12.3 Å². The molecule has 0 saturated carbocycles. The molecule has 0 aliphatic rings. The van der Waals surface area contributed by atoms with Crippen LogP contribution >= 0.6 is 0 Å². The highest BCUT2D eigenvalue weighted by atomic mass is 19.1. The normalized spacial score (nSPS) is 9.92. The van der Waals surface area contributed by atoms with Crippen LogP contribution in [0.2, 0.25) is 0 Å². The Morgan fingerprint density at radius 3 is 2.75 bits per heavy atom. The summed E-state index contributed by atoms with van der Waals surface area (Å²) in [6, 6.07) is 3.15. The summed E-state index contributed by atoms with van der Waals surface area (Å²) in [6.07, 6.45) is 1.46. The van der Waals surface area contributed by atoms with Gasteiger partial charge in [-0.15, -0.1) is 0 Å². The highest BCUT2D eigenvalue weighted by Crippen LogP contribution is 2.17. The van der Waals surface area contributed by atoms with Crippen LogP contribution in [0.1, 0.15) is 31.0 Å². The number of rotatable bonds is 1. The molecule has 0 radical (unpaired) electrons. The number of nitrogens with zero attached hydrogens (tertiary/aromatic N) is 2. The van der Waals surface area contributed by atoms with Crippen LogP contribution in [0.4, 0.5) is 4.39 Å². The second kappa shape index (κ2) is 3.31. The summed E-state index contributed by atoms with van der Waals surface area (Å²) in [5, 5.41) is 8.51. The number of nitriles is 1. The Kier molecular flexibility index (Phi) is 2.39. The molecule has 0 aliphatic carbocycles. The van der Waals surface area contributed by atoms with Gasteiger partial charge in [0.15, 0.2) is 5.82 Å². The fourth-order valence-electron chi connectivity index (χ4n) is 0.949. The van der Waals surface area contributed by atoms with Gasteiger partial charge in [0, 0.05) is 6.20 Å². The van der Waals surface area contributed by atoms with Crippen molar-refractivity contribution in [3.63, 3.8) is 0 Å². The van der Waals surface area contributed by atoms with Crippen molar-refractivity contribution in [2.45, 2.75) is 19.8 Å². The zero-order valence-electron chi connectivity index (χ0n) is 7.00. The van der Waals surface area contributed by atoms with Gasteiger partial charge in [-0.3, -0.25) is 4.98 Å². The smallest absolute Gasteiger partial charge is 0.162 e. The van der Waals surface area contributed by atoms with Crippen molar-refractivity contribution < 1.29 is 4.39 Å². The van der Waals surface area contributed by atoms with Crippen LogP contribution in [0.3, 0.4) is 0 Å². The van der Waals surface area contributed by atoms with Gasteiger partial charge in [-0.25, -0.2) is 4.39 Å². The molecule has 0 fully saturated rings. The van der Waals surface area contributed by atoms with Crippen molar-refractivity contribution in [2.24, 2.45) is 0 Å². The molecular formula is C9H9FN2. The van der Waals surface area contributed by atoms with Crippen molar-refractivity contribution in [3.8, 4) is 6.07 Å². The molecule has 62 valence electrons. The van der Waals surface area contributed by atoms with Crippen molar-refractivity contribution >= 4 is 0 Å². The van der Waals surface area contributed by atoms with E-state index < -0.39 is 5.82 Å². The zero-order chi connectivity index (χ0) is 9.14. The van der Waals surface area contributed by atoms with Gasteiger partial charge in [-0.05, 0) is 12.0 Å². The molecule has 0 spiro atoms. The molecular weight excluding hydrogens is 155 g/mol. The Balaban J connectivity index is 3.25. The lowest BCUT2D eigenvalue weighted by Gasteiger charge is -2.05. The highest BCUT2D eigenvalue weighted by molar-refractivity contribution is 5.31. The van der Waals surface area contributed by atoms with Crippen LogP contribution in [0.25, 0.3) is 0 Å². The van der Waals surface area contributed by atoms with Crippen LogP contribution < -0.4 is 0 Å². The quantitative estimate of drug-likeness (QED) is 0.638. The fourth-order valence-corrected chi connectivity index (χ4v) is 0.949. The van der Waals surface area contributed by atoms with E-state index in [1.807, 2.05) is 13.8 Å². The molecule has 2 nitrogen and oxygen atoms in total. The first-order valence-corrected chi connectivity index (χ1v) is 3.71. The average Bonchev–Trinajstić information content (AvgIpc) is 2.04. The van der Waals surface area contributed by atoms with Crippen LogP contribution in [0.5, 0.6) is 0 Å². The number of pyridine rings is 1. The molecule has 0 atom stereocenters. The van der Waals surface area contributed by atoms with Crippen molar-refractivity contribution in [1.82, 2.24) is 4.98 Å². The Bertz CT molecular complexity index is 326. The first-order valence-electron chi connectivity index (χ1n) is 3.71. The van der Waals surface area contributed by atoms with Gasteiger partial charge >= 0.3 is 0 Å². The molecule has 1 heterocycles. The summed E-state index contributed by atoms with van der Waals surface area (Å²) in [6.45, 7) is 3.68. The summed E-state index contributed by atoms with van der Waals surface area (Å²) in [7, 11) is 0. The molecule has 0 amide bonds. The van der Waals surface area contributed by atoms with Gasteiger partial charge in [0.1, 0.15) is 6.07 Å². The average molecular weight is 164 g/mol. The van der Waals surface area contributed by atoms with E-state index in [4.69, 9.17) is 5.26 Å². The predicted molar refractivity (Wildman–Crippen MR) is 43.0 cm³/mol. The molecule has 0 aliphatic heterocycles. The standard InChI is InChI=1S/C9H9FN2/c1-6(2)9-8(10)7(5-11)3-4-12-9/h3-4,6H,1-2H3. The monoisotopic (exact) mass is 164 g/mol. The van der Waals surface area contributed by atoms with E-state index in [-0.39, 0.29) is 11.5 Å². The minimum absolute atomic E-state index is 0.0123. The fraction of sp³-hybridized carbons (Fsp3) is 0.333. The lowest BCUT2D eigenvalue weighted by Crippen LogP contribution is -1.99. The number of hydrogen-bond donors (Lipinski definition) is 0. The van der Waals surface area contributed by atoms with Crippen LogP contribution in [0, 0.1) is 17.1 Å². The summed E-state index contributed by atoms with van der Waals surface area (Å²) >= 11 is 0. The van der Waals surface area contributed by atoms with Crippen LogP contribution in [-0.4, -0.2) is 4.98 Å². The first kappa shape index (κ1) is 8.66. The maximum atomic E-state index is 13.2. The molecule has 0 saturated heterocycles. The molecule has 0 N–H and O–H groups in total. The maximum Gasteiger partial charge on any atom is 0.162 e. The Hall–Kier alpha value is -1.43. The van der Waals surface area contributed by atoms with E-state index in [0.29, 0.717) is 5.69 Å². The minimum Gasteiger partial charge on any atom is -0.258 e. The number of halogens is 1. The molecule has 0 unspecified atom stereocenters. The van der Waals surface area contributed by atoms with Gasteiger partial charge in [-0.2, -0.15) is 5.26 Å². The van der Waals surface area contributed by atoms with Gasteiger partial charge in [0.25, 0.3) is 0 Å². The van der Waals surface area contributed by atoms with E-state index in [1.54, 1.807) is 6.07 Å². The van der Waals surface area contributed by atoms with Gasteiger partial charge in [-0.1, -0.05) is 13.8 Å². The zero-order valence-corrected chi connectivity index (χ0v) is 7.00. The van der Waals surface area contributed by atoms with Crippen molar-refractivity contribution in [1.29, 1.82) is 5.26 Å². The molecule has 12 heavy (non-hydrogen) atoms. The molecule has 1 rings (SSSR count). The topological polar surface area (TPSA) is 36.7 Å². The third kappa shape index (κ3) is 1.42. The molecule has 1 aromatic rings. The molecule has 3 heteroatoms. The second-order valence-corrected chi connectivity index (χ2v) is 2.82. The first-order chi connectivity index (χ1) is 5.66. The molecule has 0 bridgehead atoms. The van der Waals surface area contributed by atoms with Crippen LogP contribution in [0.15, 0.2) is 12.3 Å². The van der Waals surface area contributed by atoms with Gasteiger partial charge < -0.3 is 0 Å². The van der Waals surface area contributed by atoms with Gasteiger partial charge in [0.05, 0.1) is 11.3 Å². The Morgan fingerprint density at radius 1 is 1.58 bits per heavy atom. The predicted octanol–water partition coefficient (Wildman–Crippen LogP) is 2.22. The van der Waals surface area contributed by atoms with Crippen molar-refractivity contribution in [2.75, 3.05) is 0 Å².